The van der Waals surface area contributed by atoms with Gasteiger partial charge in [-0.3, -0.25) is 9.69 Å². The molecule has 1 aliphatic rings. The third-order valence-electron chi connectivity index (χ3n) is 3.97. The fourth-order valence-corrected chi connectivity index (χ4v) is 2.81. The van der Waals surface area contributed by atoms with Gasteiger partial charge in [-0.25, -0.2) is 0 Å². The van der Waals surface area contributed by atoms with Crippen molar-refractivity contribution in [3.63, 3.8) is 0 Å². The van der Waals surface area contributed by atoms with Crippen LogP contribution in [0.1, 0.15) is 29.6 Å². The first-order valence-electron chi connectivity index (χ1n) is 7.88. The van der Waals surface area contributed by atoms with Crippen molar-refractivity contribution >= 4 is 5.91 Å². The molecule has 0 aliphatic carbocycles. The third kappa shape index (κ3) is 5.68. The average Bonchev–Trinajstić information content (AvgIpc) is 2.54. The summed E-state index contributed by atoms with van der Waals surface area (Å²) in [5, 5.41) is 12.0. The number of alkyl halides is 3. The topological polar surface area (TPSA) is 61.8 Å². The summed E-state index contributed by atoms with van der Waals surface area (Å²) in [7, 11) is 0. The van der Waals surface area contributed by atoms with Gasteiger partial charge in [0.2, 0.25) is 0 Å². The molecular formula is C16H21F3N2O3. The predicted molar refractivity (Wildman–Crippen MR) is 81.8 cm³/mol. The highest BCUT2D eigenvalue weighted by Crippen LogP contribution is 2.23. The molecule has 0 saturated carbocycles. The van der Waals surface area contributed by atoms with Crippen molar-refractivity contribution in [1.82, 2.24) is 10.2 Å². The van der Waals surface area contributed by atoms with Crippen LogP contribution in [0.5, 0.6) is 5.75 Å². The molecule has 134 valence electrons. The van der Waals surface area contributed by atoms with Gasteiger partial charge < -0.3 is 15.2 Å². The summed E-state index contributed by atoms with van der Waals surface area (Å²) in [5.41, 5.74) is 0.106. The number of carbonyl (C=O) groups is 1. The van der Waals surface area contributed by atoms with E-state index in [0.717, 1.165) is 37.9 Å². The molecule has 0 bridgehead atoms. The summed E-state index contributed by atoms with van der Waals surface area (Å²) < 4.78 is 40.4. The van der Waals surface area contributed by atoms with Gasteiger partial charge in [0.25, 0.3) is 5.91 Å². The molecule has 1 aromatic carbocycles. The van der Waals surface area contributed by atoms with Gasteiger partial charge in [-0.1, -0.05) is 12.5 Å². The Kier molecular flexibility index (Phi) is 6.44. The summed E-state index contributed by atoms with van der Waals surface area (Å²) >= 11 is 0. The highest BCUT2D eigenvalue weighted by Gasteiger charge is 2.31. The van der Waals surface area contributed by atoms with Gasteiger partial charge in [0, 0.05) is 24.7 Å². The number of carbonyl (C=O) groups excluding carboxylic acids is 1. The maximum atomic E-state index is 12.2. The van der Waals surface area contributed by atoms with Crippen molar-refractivity contribution in [1.29, 1.82) is 0 Å². The molecule has 2 rings (SSSR count). The van der Waals surface area contributed by atoms with Crippen LogP contribution in [-0.2, 0) is 0 Å². The molecule has 1 fully saturated rings. The zero-order valence-corrected chi connectivity index (χ0v) is 13.2. The van der Waals surface area contributed by atoms with Crippen LogP contribution in [0.15, 0.2) is 24.3 Å². The highest BCUT2D eigenvalue weighted by atomic mass is 19.4. The van der Waals surface area contributed by atoms with E-state index in [0.29, 0.717) is 13.1 Å². The summed E-state index contributed by atoms with van der Waals surface area (Å²) in [6, 6.07) is 5.07. The molecule has 0 radical (unpaired) electrons. The van der Waals surface area contributed by atoms with Crippen molar-refractivity contribution in [3.8, 4) is 5.75 Å². The third-order valence-corrected chi connectivity index (χ3v) is 3.97. The standard InChI is InChI=1S/C16H21F3N2O3/c17-16(18,19)24-14-6-3-4-12(10-14)15(23)20-7-9-21-8-2-1-5-13(21)11-22/h3-4,6,10,13,22H,1-2,5,7-9,11H2,(H,20,23)/t13-/m0/s1. The SMILES string of the molecule is O=C(NCCN1CCCC[C@H]1CO)c1cccc(OC(F)(F)F)c1. The van der Waals surface area contributed by atoms with Gasteiger partial charge in [0.05, 0.1) is 6.61 Å². The summed E-state index contributed by atoms with van der Waals surface area (Å²) in [4.78, 5) is 14.2. The maximum Gasteiger partial charge on any atom is 0.573 e. The average molecular weight is 346 g/mol. The van der Waals surface area contributed by atoms with Gasteiger partial charge >= 0.3 is 6.36 Å². The fraction of sp³-hybridized carbons (Fsp3) is 0.562. The van der Waals surface area contributed by atoms with Crippen molar-refractivity contribution in [2.45, 2.75) is 31.7 Å². The number of hydrogen-bond acceptors (Lipinski definition) is 4. The zero-order valence-electron chi connectivity index (χ0n) is 13.2. The minimum Gasteiger partial charge on any atom is -0.406 e. The van der Waals surface area contributed by atoms with Gasteiger partial charge in [-0.15, -0.1) is 13.2 Å². The second-order valence-electron chi connectivity index (χ2n) is 5.70. The number of likely N-dealkylation sites (tertiary alicyclic amines) is 1. The molecule has 5 nitrogen and oxygen atoms in total. The largest absolute Gasteiger partial charge is 0.573 e. The number of benzene rings is 1. The fourth-order valence-electron chi connectivity index (χ4n) is 2.81. The van der Waals surface area contributed by atoms with Crippen molar-refractivity contribution in [2.75, 3.05) is 26.2 Å². The molecule has 1 atom stereocenters. The highest BCUT2D eigenvalue weighted by molar-refractivity contribution is 5.94. The van der Waals surface area contributed by atoms with Crippen molar-refractivity contribution in [3.05, 3.63) is 29.8 Å². The molecule has 0 unspecified atom stereocenters. The molecule has 1 saturated heterocycles. The smallest absolute Gasteiger partial charge is 0.406 e. The number of nitrogens with zero attached hydrogens (tertiary/aromatic N) is 1. The van der Waals surface area contributed by atoms with E-state index in [1.165, 1.54) is 12.1 Å². The molecule has 2 N–H and O–H groups in total. The Bertz CT molecular complexity index is 552. The minimum atomic E-state index is -4.79. The lowest BCUT2D eigenvalue weighted by atomic mass is 10.0. The molecule has 0 spiro atoms. The Balaban J connectivity index is 1.85. The van der Waals surface area contributed by atoms with Crippen LogP contribution >= 0.6 is 0 Å². The number of aliphatic hydroxyl groups is 1. The van der Waals surface area contributed by atoms with Crippen LogP contribution in [-0.4, -0.2) is 54.6 Å². The first-order valence-corrected chi connectivity index (χ1v) is 7.88. The Hall–Kier alpha value is -1.80. The maximum absolute atomic E-state index is 12.2. The first-order chi connectivity index (χ1) is 11.4. The van der Waals surface area contributed by atoms with Crippen molar-refractivity contribution < 1.29 is 27.8 Å². The molecule has 1 heterocycles. The van der Waals surface area contributed by atoms with Crippen LogP contribution in [0.25, 0.3) is 0 Å². The van der Waals surface area contributed by atoms with Crippen LogP contribution in [0.2, 0.25) is 0 Å². The Morgan fingerprint density at radius 2 is 2.17 bits per heavy atom. The molecular weight excluding hydrogens is 325 g/mol. The van der Waals surface area contributed by atoms with E-state index in [9.17, 15) is 23.1 Å². The quantitative estimate of drug-likeness (QED) is 0.829. The molecule has 1 amide bonds. The van der Waals surface area contributed by atoms with E-state index in [2.05, 4.69) is 15.0 Å². The number of rotatable bonds is 6. The van der Waals surface area contributed by atoms with Gasteiger partial charge in [-0.2, -0.15) is 0 Å². The second-order valence-corrected chi connectivity index (χ2v) is 5.70. The number of nitrogens with one attached hydrogen (secondary N) is 1. The molecule has 1 aromatic rings. The number of halogens is 3. The lowest BCUT2D eigenvalue weighted by Gasteiger charge is -2.34. The Morgan fingerprint density at radius 1 is 1.38 bits per heavy atom. The minimum absolute atomic E-state index is 0.0881. The van der Waals surface area contributed by atoms with Crippen LogP contribution in [0.3, 0.4) is 0 Å². The number of piperidine rings is 1. The number of aliphatic hydroxyl groups excluding tert-OH is 1. The van der Waals surface area contributed by atoms with Crippen LogP contribution in [0, 0.1) is 0 Å². The monoisotopic (exact) mass is 346 g/mol. The zero-order chi connectivity index (χ0) is 17.6. The summed E-state index contributed by atoms with van der Waals surface area (Å²) in [6.45, 7) is 1.91. The lowest BCUT2D eigenvalue weighted by molar-refractivity contribution is -0.274. The van der Waals surface area contributed by atoms with Crippen LogP contribution < -0.4 is 10.1 Å². The predicted octanol–water partition coefficient (Wildman–Crippen LogP) is 2.16. The van der Waals surface area contributed by atoms with E-state index in [1.807, 2.05) is 0 Å². The van der Waals surface area contributed by atoms with Gasteiger partial charge in [0.1, 0.15) is 5.75 Å². The molecule has 24 heavy (non-hydrogen) atoms. The number of amides is 1. The van der Waals surface area contributed by atoms with Crippen LogP contribution in [0.4, 0.5) is 13.2 Å². The summed E-state index contributed by atoms with van der Waals surface area (Å²) in [6.07, 6.45) is -1.72. The normalized spacial score (nSPS) is 19.1. The Labute approximate surface area is 138 Å². The van der Waals surface area contributed by atoms with Gasteiger partial charge in [0.15, 0.2) is 0 Å². The number of hydrogen-bond donors (Lipinski definition) is 2. The molecule has 8 heteroatoms. The summed E-state index contributed by atoms with van der Waals surface area (Å²) in [5.74, 6) is -0.883. The molecule has 1 aliphatic heterocycles. The number of ether oxygens (including phenoxy) is 1. The lowest BCUT2D eigenvalue weighted by Crippen LogP contribution is -2.45. The van der Waals surface area contributed by atoms with E-state index in [-0.39, 0.29) is 18.2 Å². The second kappa shape index (κ2) is 8.34. The van der Waals surface area contributed by atoms with Crippen molar-refractivity contribution in [2.24, 2.45) is 0 Å². The first kappa shape index (κ1) is 18.5. The molecule has 0 aromatic heterocycles. The van der Waals surface area contributed by atoms with Gasteiger partial charge in [-0.05, 0) is 37.6 Å². The van der Waals surface area contributed by atoms with E-state index in [4.69, 9.17) is 0 Å². The Morgan fingerprint density at radius 3 is 2.88 bits per heavy atom. The van der Waals surface area contributed by atoms with E-state index < -0.39 is 18.0 Å². The van der Waals surface area contributed by atoms with E-state index >= 15 is 0 Å². The van der Waals surface area contributed by atoms with E-state index in [1.54, 1.807) is 0 Å².